The molecule has 0 aromatic heterocycles. The van der Waals surface area contributed by atoms with E-state index in [0.29, 0.717) is 19.6 Å². The van der Waals surface area contributed by atoms with Crippen molar-refractivity contribution in [3.63, 3.8) is 0 Å². The van der Waals surface area contributed by atoms with E-state index in [1.807, 2.05) is 18.2 Å². The van der Waals surface area contributed by atoms with Crippen molar-refractivity contribution in [3.8, 4) is 16.9 Å². The molecule has 0 N–H and O–H groups in total. The van der Waals surface area contributed by atoms with Crippen LogP contribution in [0.2, 0.25) is 0 Å². The molecule has 0 radical (unpaired) electrons. The number of carbonyl (C=O) groups is 2. The van der Waals surface area contributed by atoms with Gasteiger partial charge in [0.05, 0.1) is 6.61 Å². The van der Waals surface area contributed by atoms with Crippen molar-refractivity contribution >= 4 is 11.8 Å². The Kier molecular flexibility index (Phi) is 6.55. The topological polar surface area (TPSA) is 52.6 Å². The molecule has 126 valence electrons. The molecule has 0 fully saturated rings. The van der Waals surface area contributed by atoms with Gasteiger partial charge >= 0.3 is 5.97 Å². The number of rotatable bonds is 7. The zero-order valence-corrected chi connectivity index (χ0v) is 14.1. The van der Waals surface area contributed by atoms with Crippen molar-refractivity contribution in [3.05, 3.63) is 54.1 Å². The van der Waals surface area contributed by atoms with Crippen LogP contribution >= 0.6 is 0 Å². The molecule has 0 atom stereocenters. The summed E-state index contributed by atoms with van der Waals surface area (Å²) in [5.41, 5.74) is 3.86. The van der Waals surface area contributed by atoms with E-state index >= 15 is 0 Å². The Bertz CT molecular complexity index is 670. The van der Waals surface area contributed by atoms with Crippen LogP contribution in [-0.4, -0.2) is 18.4 Å². The van der Waals surface area contributed by atoms with Gasteiger partial charge < -0.3 is 9.47 Å². The largest absolute Gasteiger partial charge is 0.489 e. The molecule has 0 aliphatic heterocycles. The van der Waals surface area contributed by atoms with Crippen LogP contribution in [0.5, 0.6) is 5.75 Å². The quantitative estimate of drug-likeness (QED) is 0.483. The fourth-order valence-electron chi connectivity index (χ4n) is 2.05. The smallest absolute Gasteiger partial charge is 0.313 e. The molecular formula is C20H22O4. The second-order valence-electron chi connectivity index (χ2n) is 5.39. The predicted molar refractivity (Wildman–Crippen MR) is 92.8 cm³/mol. The maximum atomic E-state index is 10.6. The lowest BCUT2D eigenvalue weighted by atomic mass is 10.2. The highest BCUT2D eigenvalue weighted by atomic mass is 16.5. The molecule has 0 saturated heterocycles. The van der Waals surface area contributed by atoms with Gasteiger partial charge in [0, 0.05) is 6.42 Å². The normalized spacial score (nSPS) is 10.2. The van der Waals surface area contributed by atoms with Gasteiger partial charge in [0.1, 0.15) is 24.6 Å². The number of Topliss-reactive ketones (excluding diaryl/α,β-unsaturated/α-hetero) is 1. The summed E-state index contributed by atoms with van der Waals surface area (Å²) in [6, 6.07) is 16.5. The Labute approximate surface area is 142 Å². The molecule has 1 aromatic carbocycles. The van der Waals surface area contributed by atoms with Gasteiger partial charge in [0.25, 0.3) is 0 Å². The number of ketones is 1. The molecule has 0 bridgehead atoms. The Balaban J connectivity index is 0.000000187. The van der Waals surface area contributed by atoms with Crippen LogP contribution in [0.4, 0.5) is 0 Å². The average Bonchev–Trinajstić information content (AvgIpc) is 3.20. The van der Waals surface area contributed by atoms with Crippen LogP contribution in [0.1, 0.15) is 32.3 Å². The second kappa shape index (κ2) is 8.87. The summed E-state index contributed by atoms with van der Waals surface area (Å²) >= 11 is 0. The van der Waals surface area contributed by atoms with E-state index in [0.717, 1.165) is 5.75 Å². The minimum Gasteiger partial charge on any atom is -0.489 e. The fraction of sp³-hybridized carbons (Fsp3) is 0.300. The Morgan fingerprint density at radius 3 is 2.21 bits per heavy atom. The first-order chi connectivity index (χ1) is 11.6. The molecule has 0 heterocycles. The molecule has 4 nitrogen and oxygen atoms in total. The van der Waals surface area contributed by atoms with E-state index in [-0.39, 0.29) is 12.2 Å². The molecular weight excluding hydrogens is 304 g/mol. The molecule has 0 amide bonds. The Morgan fingerprint density at radius 2 is 1.62 bits per heavy atom. The molecule has 24 heavy (non-hydrogen) atoms. The highest BCUT2D eigenvalue weighted by molar-refractivity contribution is 5.95. The molecule has 2 aliphatic rings. The summed E-state index contributed by atoms with van der Waals surface area (Å²) in [4.78, 5) is 21.2. The van der Waals surface area contributed by atoms with Crippen molar-refractivity contribution in [2.24, 2.45) is 0 Å². The maximum Gasteiger partial charge on any atom is 0.313 e. The third-order valence-electron chi connectivity index (χ3n) is 3.45. The number of esters is 1. The van der Waals surface area contributed by atoms with Crippen molar-refractivity contribution < 1.29 is 19.1 Å². The minimum atomic E-state index is -0.422. The number of ether oxygens (including phenoxy) is 2. The van der Waals surface area contributed by atoms with Crippen LogP contribution in [0, 0.1) is 0 Å². The lowest BCUT2D eigenvalue weighted by Crippen LogP contribution is -2.09. The fourth-order valence-corrected chi connectivity index (χ4v) is 2.05. The maximum absolute atomic E-state index is 10.6. The molecule has 0 unspecified atom stereocenters. The monoisotopic (exact) mass is 326 g/mol. The van der Waals surface area contributed by atoms with Gasteiger partial charge in [0.2, 0.25) is 0 Å². The van der Waals surface area contributed by atoms with Gasteiger partial charge in [0.15, 0.2) is 0 Å². The second-order valence-corrected chi connectivity index (χ2v) is 5.39. The van der Waals surface area contributed by atoms with Gasteiger partial charge in [-0.15, -0.1) is 0 Å². The van der Waals surface area contributed by atoms with E-state index in [1.165, 1.54) is 16.7 Å². The third-order valence-corrected chi connectivity index (χ3v) is 3.45. The van der Waals surface area contributed by atoms with Crippen LogP contribution in [0.15, 0.2) is 48.5 Å². The standard InChI is InChI=1S/C13H10O.C7H12O3/c1-2-4-10(5-3-1)9-14-13-7-11-6-12(11)8-13;1-3-6(8)5-7(9)10-4-2/h1-8H,9H2;3-5H2,1-2H3. The van der Waals surface area contributed by atoms with Gasteiger partial charge in [-0.05, 0) is 41.8 Å². The predicted octanol–water partition coefficient (Wildman–Crippen LogP) is 4.16. The Morgan fingerprint density at radius 1 is 0.958 bits per heavy atom. The molecule has 0 saturated carbocycles. The van der Waals surface area contributed by atoms with Crippen molar-refractivity contribution in [2.75, 3.05) is 6.61 Å². The van der Waals surface area contributed by atoms with Crippen LogP contribution in [0.3, 0.4) is 0 Å². The van der Waals surface area contributed by atoms with E-state index in [1.54, 1.807) is 13.8 Å². The first kappa shape index (κ1) is 17.7. The highest BCUT2D eigenvalue weighted by Crippen LogP contribution is 2.39. The van der Waals surface area contributed by atoms with Gasteiger partial charge in [-0.2, -0.15) is 0 Å². The number of benzene rings is 2. The molecule has 0 spiro atoms. The average molecular weight is 326 g/mol. The van der Waals surface area contributed by atoms with Gasteiger partial charge in [-0.25, -0.2) is 0 Å². The van der Waals surface area contributed by atoms with Gasteiger partial charge in [-0.3, -0.25) is 9.59 Å². The summed E-state index contributed by atoms with van der Waals surface area (Å²) in [5.74, 6) is 0.495. The molecule has 1 aromatic rings. The van der Waals surface area contributed by atoms with E-state index in [2.05, 4.69) is 35.1 Å². The van der Waals surface area contributed by atoms with Crippen molar-refractivity contribution in [1.29, 1.82) is 0 Å². The summed E-state index contributed by atoms with van der Waals surface area (Å²) < 4.78 is 10.2. The first-order valence-electron chi connectivity index (χ1n) is 8.12. The lowest BCUT2D eigenvalue weighted by molar-refractivity contribution is -0.145. The molecule has 3 rings (SSSR count). The first-order valence-corrected chi connectivity index (χ1v) is 8.12. The summed E-state index contributed by atoms with van der Waals surface area (Å²) in [6.07, 6.45) is 0.323. The van der Waals surface area contributed by atoms with E-state index < -0.39 is 5.97 Å². The molecule has 4 heteroatoms. The zero-order valence-electron chi connectivity index (χ0n) is 14.1. The van der Waals surface area contributed by atoms with E-state index in [9.17, 15) is 9.59 Å². The van der Waals surface area contributed by atoms with Gasteiger partial charge in [-0.1, -0.05) is 37.3 Å². The lowest BCUT2D eigenvalue weighted by Gasteiger charge is -2.03. The highest BCUT2D eigenvalue weighted by Gasteiger charge is 2.14. The number of carbonyl (C=O) groups excluding carboxylic acids is 2. The van der Waals surface area contributed by atoms with Crippen LogP contribution in [-0.2, 0) is 20.9 Å². The number of fused-ring (bicyclic) bond motifs is 1. The summed E-state index contributed by atoms with van der Waals surface area (Å²) in [5, 5.41) is 0. The Hall–Kier alpha value is -2.62. The van der Waals surface area contributed by atoms with Crippen LogP contribution in [0.25, 0.3) is 11.1 Å². The minimum absolute atomic E-state index is 0.0709. The third kappa shape index (κ3) is 5.88. The zero-order chi connectivity index (χ0) is 17.4. The van der Waals surface area contributed by atoms with Crippen molar-refractivity contribution in [1.82, 2.24) is 0 Å². The SMILES string of the molecule is CCOC(=O)CC(=O)CC.c1ccc(COc2cc3cc-3c2)cc1. The number of hydrogen-bond donors (Lipinski definition) is 0. The summed E-state index contributed by atoms with van der Waals surface area (Å²) in [6.45, 7) is 4.44. The van der Waals surface area contributed by atoms with E-state index in [4.69, 9.17) is 4.74 Å². The number of hydrogen-bond acceptors (Lipinski definition) is 4. The van der Waals surface area contributed by atoms with Crippen LogP contribution < -0.4 is 4.74 Å². The molecule has 2 aliphatic carbocycles. The van der Waals surface area contributed by atoms with Crippen molar-refractivity contribution in [2.45, 2.75) is 33.3 Å². The summed E-state index contributed by atoms with van der Waals surface area (Å²) in [7, 11) is 0.